The molecule has 0 saturated heterocycles. The Bertz CT molecular complexity index is 840. The van der Waals surface area contributed by atoms with Crippen molar-refractivity contribution in [1.82, 2.24) is 3.98 Å². The van der Waals surface area contributed by atoms with Crippen molar-refractivity contribution in [2.24, 2.45) is 0 Å². The van der Waals surface area contributed by atoms with Crippen molar-refractivity contribution >= 4 is 14.7 Å². The van der Waals surface area contributed by atoms with Gasteiger partial charge in [0, 0.05) is 0 Å². The molecule has 0 aliphatic heterocycles. The standard InChI is InChI=1S/C21H15NSe/c1-4-10-16(11-5-1)19-20(17-12-6-2-7-13-17)22-23-21(19)18-14-8-3-9-15-18/h1-15H. The first-order valence-electron chi connectivity index (χ1n) is 7.59. The minimum absolute atomic E-state index is 0.109. The first-order chi connectivity index (χ1) is 11.4. The van der Waals surface area contributed by atoms with Crippen molar-refractivity contribution in [2.75, 3.05) is 0 Å². The molecule has 0 N–H and O–H groups in total. The molecule has 0 aliphatic carbocycles. The summed E-state index contributed by atoms with van der Waals surface area (Å²) in [6.45, 7) is 0. The Morgan fingerprint density at radius 2 is 1.00 bits per heavy atom. The van der Waals surface area contributed by atoms with E-state index in [1.54, 1.807) is 0 Å². The molecule has 23 heavy (non-hydrogen) atoms. The number of hydrogen-bond donors (Lipinski definition) is 0. The quantitative estimate of drug-likeness (QED) is 0.461. The van der Waals surface area contributed by atoms with E-state index in [2.05, 4.69) is 84.9 Å². The van der Waals surface area contributed by atoms with Gasteiger partial charge in [-0.25, -0.2) is 0 Å². The molecule has 0 fully saturated rings. The van der Waals surface area contributed by atoms with Gasteiger partial charge >= 0.3 is 142 Å². The molecule has 0 spiro atoms. The number of nitrogens with zero attached hydrogens (tertiary/aromatic N) is 1. The molecule has 0 amide bonds. The summed E-state index contributed by atoms with van der Waals surface area (Å²) in [5.74, 6) is 0. The molecule has 0 bridgehead atoms. The van der Waals surface area contributed by atoms with Crippen LogP contribution in [0, 0.1) is 0 Å². The van der Waals surface area contributed by atoms with E-state index in [1.165, 1.54) is 26.7 Å². The Morgan fingerprint density at radius 3 is 1.57 bits per heavy atom. The molecule has 0 aliphatic rings. The predicted molar refractivity (Wildman–Crippen MR) is 97.5 cm³/mol. The Balaban J connectivity index is 1.97. The maximum absolute atomic E-state index is 4.93. The van der Waals surface area contributed by atoms with Crippen LogP contribution in [0.3, 0.4) is 0 Å². The van der Waals surface area contributed by atoms with E-state index in [0.717, 1.165) is 5.69 Å². The molecule has 0 radical (unpaired) electrons. The van der Waals surface area contributed by atoms with Gasteiger partial charge in [-0.2, -0.15) is 0 Å². The van der Waals surface area contributed by atoms with Crippen molar-refractivity contribution in [3.8, 4) is 32.4 Å². The first kappa shape index (κ1) is 14.2. The minimum atomic E-state index is 0.109. The van der Waals surface area contributed by atoms with Gasteiger partial charge in [-0.15, -0.1) is 0 Å². The summed E-state index contributed by atoms with van der Waals surface area (Å²) in [6.07, 6.45) is 0. The van der Waals surface area contributed by atoms with Gasteiger partial charge in [0.25, 0.3) is 0 Å². The molecule has 3 aromatic carbocycles. The van der Waals surface area contributed by atoms with Crippen LogP contribution in [0.1, 0.15) is 0 Å². The molecule has 0 saturated carbocycles. The van der Waals surface area contributed by atoms with Gasteiger partial charge < -0.3 is 0 Å². The van der Waals surface area contributed by atoms with E-state index in [-0.39, 0.29) is 14.7 Å². The van der Waals surface area contributed by atoms with Crippen LogP contribution >= 0.6 is 0 Å². The molecule has 0 unspecified atom stereocenters. The van der Waals surface area contributed by atoms with Crippen LogP contribution in [0.2, 0.25) is 0 Å². The Hall–Kier alpha value is -2.41. The molecule has 4 rings (SSSR count). The molecule has 0 atom stereocenters. The van der Waals surface area contributed by atoms with Crippen LogP contribution < -0.4 is 0 Å². The summed E-state index contributed by atoms with van der Waals surface area (Å²) < 4.78 is 6.29. The average molecular weight is 360 g/mol. The second-order valence-electron chi connectivity index (χ2n) is 5.33. The second kappa shape index (κ2) is 6.37. The summed E-state index contributed by atoms with van der Waals surface area (Å²) in [7, 11) is 0. The molecule has 1 nitrogen and oxygen atoms in total. The maximum atomic E-state index is 4.93. The van der Waals surface area contributed by atoms with Gasteiger partial charge in [0.1, 0.15) is 0 Å². The van der Waals surface area contributed by atoms with Crippen LogP contribution in [-0.4, -0.2) is 18.7 Å². The van der Waals surface area contributed by atoms with Gasteiger partial charge in [0.2, 0.25) is 0 Å². The monoisotopic (exact) mass is 361 g/mol. The van der Waals surface area contributed by atoms with Crippen molar-refractivity contribution in [2.45, 2.75) is 0 Å². The molecule has 1 aromatic heterocycles. The van der Waals surface area contributed by atoms with Crippen LogP contribution in [0.4, 0.5) is 0 Å². The normalized spacial score (nSPS) is 10.6. The van der Waals surface area contributed by atoms with E-state index in [1.807, 2.05) is 6.07 Å². The van der Waals surface area contributed by atoms with Crippen molar-refractivity contribution < 1.29 is 0 Å². The third-order valence-corrected chi connectivity index (χ3v) is 5.72. The molecule has 1 heterocycles. The van der Waals surface area contributed by atoms with Gasteiger partial charge in [-0.3, -0.25) is 0 Å². The van der Waals surface area contributed by atoms with Gasteiger partial charge in [0.15, 0.2) is 0 Å². The Morgan fingerprint density at radius 1 is 0.522 bits per heavy atom. The third-order valence-electron chi connectivity index (χ3n) is 3.84. The van der Waals surface area contributed by atoms with E-state index in [4.69, 9.17) is 3.98 Å². The summed E-state index contributed by atoms with van der Waals surface area (Å²) >= 11 is 0.109. The average Bonchev–Trinajstić information content (AvgIpc) is 3.09. The molecule has 4 aromatic rings. The fourth-order valence-electron chi connectivity index (χ4n) is 2.74. The van der Waals surface area contributed by atoms with E-state index >= 15 is 0 Å². The summed E-state index contributed by atoms with van der Waals surface area (Å²) in [4.78, 5) is 0. The molecule has 2 heteroatoms. The summed E-state index contributed by atoms with van der Waals surface area (Å²) in [6, 6.07) is 31.7. The van der Waals surface area contributed by atoms with E-state index < -0.39 is 0 Å². The number of aromatic nitrogens is 1. The van der Waals surface area contributed by atoms with Crippen LogP contribution in [0.5, 0.6) is 0 Å². The van der Waals surface area contributed by atoms with Crippen LogP contribution in [0.25, 0.3) is 32.4 Å². The van der Waals surface area contributed by atoms with E-state index in [0.29, 0.717) is 0 Å². The Kier molecular flexibility index (Phi) is 3.93. The van der Waals surface area contributed by atoms with Crippen molar-refractivity contribution in [3.05, 3.63) is 91.0 Å². The third kappa shape index (κ3) is 2.79. The van der Waals surface area contributed by atoms with Crippen LogP contribution in [0.15, 0.2) is 91.0 Å². The molecular formula is C21H15NSe. The van der Waals surface area contributed by atoms with Gasteiger partial charge in [0.05, 0.1) is 0 Å². The zero-order valence-corrected chi connectivity index (χ0v) is 14.2. The zero-order chi connectivity index (χ0) is 15.5. The van der Waals surface area contributed by atoms with Crippen molar-refractivity contribution in [1.29, 1.82) is 0 Å². The summed E-state index contributed by atoms with van der Waals surface area (Å²) in [5, 5.41) is 0. The molecular weight excluding hydrogens is 345 g/mol. The van der Waals surface area contributed by atoms with Crippen LogP contribution in [-0.2, 0) is 0 Å². The fraction of sp³-hybridized carbons (Fsp3) is 0. The Labute approximate surface area is 142 Å². The zero-order valence-electron chi connectivity index (χ0n) is 12.5. The van der Waals surface area contributed by atoms with Gasteiger partial charge in [-0.1, -0.05) is 0 Å². The molecule has 110 valence electrons. The second-order valence-corrected chi connectivity index (χ2v) is 6.96. The predicted octanol–water partition coefficient (Wildman–Crippen LogP) is 5.14. The number of rotatable bonds is 3. The first-order valence-corrected chi connectivity index (χ1v) is 9.22. The van der Waals surface area contributed by atoms with Gasteiger partial charge in [-0.05, 0) is 0 Å². The van der Waals surface area contributed by atoms with Crippen molar-refractivity contribution in [3.63, 3.8) is 0 Å². The SMILES string of the molecule is c1ccc(-c2n[se]c(-c3ccccc3)c2-c2ccccc2)cc1. The summed E-state index contributed by atoms with van der Waals surface area (Å²) in [5.41, 5.74) is 6.12. The topological polar surface area (TPSA) is 12.9 Å². The van der Waals surface area contributed by atoms with E-state index in [9.17, 15) is 0 Å². The number of hydrogen-bond acceptors (Lipinski definition) is 1. The fourth-order valence-corrected chi connectivity index (χ4v) is 4.69. The number of benzene rings is 3.